The molecule has 0 saturated carbocycles. The maximum Gasteiger partial charge on any atom is 0.0579 e. The molecule has 0 aromatic carbocycles. The second kappa shape index (κ2) is 5.55. The van der Waals surface area contributed by atoms with Crippen molar-refractivity contribution in [2.24, 2.45) is 0 Å². The molecule has 0 amide bonds. The molecule has 0 aliphatic carbocycles. The summed E-state index contributed by atoms with van der Waals surface area (Å²) in [6, 6.07) is 8.43. The SMILES string of the molecule is CNC(Cc1cccnc1)c1cc(C)ccn1. The minimum Gasteiger partial charge on any atom is -0.311 e. The van der Waals surface area contributed by atoms with Gasteiger partial charge in [-0.3, -0.25) is 9.97 Å². The summed E-state index contributed by atoms with van der Waals surface area (Å²) >= 11 is 0. The highest BCUT2D eigenvalue weighted by molar-refractivity contribution is 5.20. The van der Waals surface area contributed by atoms with E-state index in [1.165, 1.54) is 11.1 Å². The predicted octanol–water partition coefficient (Wildman–Crippen LogP) is 2.29. The van der Waals surface area contributed by atoms with Crippen LogP contribution in [0.5, 0.6) is 0 Å². The first-order valence-corrected chi connectivity index (χ1v) is 5.78. The molecule has 1 unspecified atom stereocenters. The molecule has 0 fully saturated rings. The molecule has 2 rings (SSSR count). The topological polar surface area (TPSA) is 37.8 Å². The second-order valence-electron chi connectivity index (χ2n) is 4.16. The molecular weight excluding hydrogens is 210 g/mol. The lowest BCUT2D eigenvalue weighted by molar-refractivity contribution is 0.574. The molecule has 2 aromatic heterocycles. The van der Waals surface area contributed by atoms with Gasteiger partial charge >= 0.3 is 0 Å². The molecule has 17 heavy (non-hydrogen) atoms. The largest absolute Gasteiger partial charge is 0.311 e. The van der Waals surface area contributed by atoms with Crippen LogP contribution < -0.4 is 5.32 Å². The third kappa shape index (κ3) is 3.11. The summed E-state index contributed by atoms with van der Waals surface area (Å²) in [7, 11) is 1.96. The monoisotopic (exact) mass is 227 g/mol. The fraction of sp³-hybridized carbons (Fsp3) is 0.286. The summed E-state index contributed by atoms with van der Waals surface area (Å²) in [5.74, 6) is 0. The molecule has 2 heterocycles. The number of pyridine rings is 2. The van der Waals surface area contributed by atoms with E-state index in [0.717, 1.165) is 12.1 Å². The highest BCUT2D eigenvalue weighted by atomic mass is 14.9. The lowest BCUT2D eigenvalue weighted by Crippen LogP contribution is -2.20. The fourth-order valence-corrected chi connectivity index (χ4v) is 1.86. The number of aryl methyl sites for hydroxylation is 1. The molecule has 0 spiro atoms. The predicted molar refractivity (Wildman–Crippen MR) is 68.7 cm³/mol. The van der Waals surface area contributed by atoms with Crippen molar-refractivity contribution in [3.8, 4) is 0 Å². The average molecular weight is 227 g/mol. The van der Waals surface area contributed by atoms with Crippen molar-refractivity contribution in [3.63, 3.8) is 0 Å². The highest BCUT2D eigenvalue weighted by Gasteiger charge is 2.11. The van der Waals surface area contributed by atoms with Gasteiger partial charge in [-0.15, -0.1) is 0 Å². The van der Waals surface area contributed by atoms with Gasteiger partial charge in [0.2, 0.25) is 0 Å². The average Bonchev–Trinajstić information content (AvgIpc) is 2.37. The van der Waals surface area contributed by atoms with Crippen molar-refractivity contribution in [2.75, 3.05) is 7.05 Å². The van der Waals surface area contributed by atoms with Gasteiger partial charge in [0, 0.05) is 18.6 Å². The van der Waals surface area contributed by atoms with Crippen LogP contribution in [0.4, 0.5) is 0 Å². The first kappa shape index (κ1) is 11.7. The summed E-state index contributed by atoms with van der Waals surface area (Å²) in [5.41, 5.74) is 3.54. The summed E-state index contributed by atoms with van der Waals surface area (Å²) < 4.78 is 0. The Bertz CT molecular complexity index is 468. The third-order valence-electron chi connectivity index (χ3n) is 2.80. The van der Waals surface area contributed by atoms with E-state index in [-0.39, 0.29) is 6.04 Å². The van der Waals surface area contributed by atoms with Crippen molar-refractivity contribution in [1.29, 1.82) is 0 Å². The Kier molecular flexibility index (Phi) is 3.83. The van der Waals surface area contributed by atoms with E-state index in [2.05, 4.69) is 34.3 Å². The second-order valence-corrected chi connectivity index (χ2v) is 4.16. The lowest BCUT2D eigenvalue weighted by atomic mass is 10.0. The first-order chi connectivity index (χ1) is 8.29. The van der Waals surface area contributed by atoms with E-state index in [0.29, 0.717) is 0 Å². The van der Waals surface area contributed by atoms with Gasteiger partial charge in [0.15, 0.2) is 0 Å². The number of hydrogen-bond donors (Lipinski definition) is 1. The smallest absolute Gasteiger partial charge is 0.0579 e. The van der Waals surface area contributed by atoms with Gasteiger partial charge in [-0.1, -0.05) is 6.07 Å². The minimum absolute atomic E-state index is 0.235. The van der Waals surface area contributed by atoms with Crippen LogP contribution in [0.25, 0.3) is 0 Å². The molecule has 1 atom stereocenters. The molecule has 0 aliphatic rings. The van der Waals surface area contributed by atoms with Crippen molar-refractivity contribution in [2.45, 2.75) is 19.4 Å². The van der Waals surface area contributed by atoms with Crippen LogP contribution in [0.1, 0.15) is 22.9 Å². The van der Waals surface area contributed by atoms with Crippen molar-refractivity contribution >= 4 is 0 Å². The first-order valence-electron chi connectivity index (χ1n) is 5.78. The Morgan fingerprint density at radius 3 is 2.82 bits per heavy atom. The molecule has 0 saturated heterocycles. The summed E-state index contributed by atoms with van der Waals surface area (Å²) in [6.07, 6.45) is 6.46. The third-order valence-corrected chi connectivity index (χ3v) is 2.80. The Hall–Kier alpha value is -1.74. The zero-order valence-corrected chi connectivity index (χ0v) is 10.2. The van der Waals surface area contributed by atoms with Gasteiger partial charge in [-0.25, -0.2) is 0 Å². The molecule has 3 heteroatoms. The van der Waals surface area contributed by atoms with E-state index in [9.17, 15) is 0 Å². The van der Waals surface area contributed by atoms with Crippen LogP contribution in [0, 0.1) is 6.92 Å². The van der Waals surface area contributed by atoms with Crippen molar-refractivity contribution in [1.82, 2.24) is 15.3 Å². The van der Waals surface area contributed by atoms with E-state index < -0.39 is 0 Å². The Morgan fingerprint density at radius 2 is 2.18 bits per heavy atom. The summed E-state index contributed by atoms with van der Waals surface area (Å²) in [6.45, 7) is 2.09. The Labute approximate surface area is 102 Å². The van der Waals surface area contributed by atoms with Crippen molar-refractivity contribution < 1.29 is 0 Å². The molecule has 0 radical (unpaired) electrons. The molecule has 1 N–H and O–H groups in total. The van der Waals surface area contributed by atoms with E-state index >= 15 is 0 Å². The minimum atomic E-state index is 0.235. The Balaban J connectivity index is 2.17. The number of likely N-dealkylation sites (N-methyl/N-ethyl adjacent to an activating group) is 1. The number of nitrogens with one attached hydrogen (secondary N) is 1. The quantitative estimate of drug-likeness (QED) is 0.870. The van der Waals surface area contributed by atoms with Gasteiger partial charge in [0.05, 0.1) is 11.7 Å². The number of hydrogen-bond acceptors (Lipinski definition) is 3. The molecule has 0 bridgehead atoms. The van der Waals surface area contributed by atoms with Crippen LogP contribution in [0.3, 0.4) is 0 Å². The normalized spacial score (nSPS) is 12.4. The number of nitrogens with zero attached hydrogens (tertiary/aromatic N) is 2. The number of rotatable bonds is 4. The summed E-state index contributed by atoms with van der Waals surface area (Å²) in [4.78, 5) is 8.56. The highest BCUT2D eigenvalue weighted by Crippen LogP contribution is 2.16. The van der Waals surface area contributed by atoms with Crippen LogP contribution in [-0.2, 0) is 6.42 Å². The van der Waals surface area contributed by atoms with Crippen LogP contribution in [0.2, 0.25) is 0 Å². The zero-order chi connectivity index (χ0) is 12.1. The van der Waals surface area contributed by atoms with Gasteiger partial charge in [0.25, 0.3) is 0 Å². The van der Waals surface area contributed by atoms with Gasteiger partial charge in [-0.2, -0.15) is 0 Å². The summed E-state index contributed by atoms with van der Waals surface area (Å²) in [5, 5.41) is 3.30. The lowest BCUT2D eigenvalue weighted by Gasteiger charge is -2.15. The van der Waals surface area contributed by atoms with Gasteiger partial charge in [0.1, 0.15) is 0 Å². The molecule has 2 aromatic rings. The number of aromatic nitrogens is 2. The molecule has 3 nitrogen and oxygen atoms in total. The van der Waals surface area contributed by atoms with Crippen LogP contribution in [0.15, 0.2) is 42.9 Å². The maximum atomic E-state index is 4.42. The van der Waals surface area contributed by atoms with Crippen molar-refractivity contribution in [3.05, 3.63) is 59.7 Å². The zero-order valence-electron chi connectivity index (χ0n) is 10.2. The van der Waals surface area contributed by atoms with Crippen LogP contribution >= 0.6 is 0 Å². The standard InChI is InChI=1S/C14H17N3/c1-11-5-7-17-14(8-11)13(15-2)9-12-4-3-6-16-10-12/h3-8,10,13,15H,9H2,1-2H3. The van der Waals surface area contributed by atoms with Crippen LogP contribution in [-0.4, -0.2) is 17.0 Å². The molecular formula is C14H17N3. The maximum absolute atomic E-state index is 4.42. The van der Waals surface area contributed by atoms with Gasteiger partial charge < -0.3 is 5.32 Å². The molecule has 88 valence electrons. The van der Waals surface area contributed by atoms with Gasteiger partial charge in [-0.05, 0) is 49.7 Å². The molecule has 0 aliphatic heterocycles. The van der Waals surface area contributed by atoms with E-state index in [4.69, 9.17) is 0 Å². The fourth-order valence-electron chi connectivity index (χ4n) is 1.86. The van der Waals surface area contributed by atoms with E-state index in [1.807, 2.05) is 31.6 Å². The van der Waals surface area contributed by atoms with E-state index in [1.54, 1.807) is 6.20 Å². The Morgan fingerprint density at radius 1 is 1.29 bits per heavy atom.